The third kappa shape index (κ3) is 3.73. The van der Waals surface area contributed by atoms with Gasteiger partial charge in [-0.05, 0) is 74.1 Å². The molecule has 0 saturated heterocycles. The van der Waals surface area contributed by atoms with Crippen LogP contribution in [0.3, 0.4) is 0 Å². The van der Waals surface area contributed by atoms with E-state index in [1.165, 1.54) is 43.8 Å². The van der Waals surface area contributed by atoms with Gasteiger partial charge in [-0.3, -0.25) is 0 Å². The molecular weight excluding hydrogens is 486 g/mol. The number of hydrogen-bond acceptors (Lipinski definition) is 2. The Morgan fingerprint density at radius 1 is 0.375 bits per heavy atom. The Morgan fingerprint density at radius 2 is 0.975 bits per heavy atom. The number of nitrogens with one attached hydrogen (secondary N) is 1. The van der Waals surface area contributed by atoms with Gasteiger partial charge in [0, 0.05) is 28.2 Å². The van der Waals surface area contributed by atoms with Crippen LogP contribution in [0.2, 0.25) is 0 Å². The van der Waals surface area contributed by atoms with Crippen LogP contribution in [0.5, 0.6) is 0 Å². The van der Waals surface area contributed by atoms with E-state index in [1.807, 2.05) is 18.2 Å². The number of anilines is 2. The fourth-order valence-corrected chi connectivity index (χ4v) is 5.95. The quantitative estimate of drug-likeness (QED) is 0.254. The predicted octanol–water partition coefficient (Wildman–Crippen LogP) is 11.0. The Balaban J connectivity index is 1.14. The van der Waals surface area contributed by atoms with E-state index < -0.39 is 0 Å². The molecule has 1 N–H and O–H groups in total. The van der Waals surface area contributed by atoms with Gasteiger partial charge in [-0.25, -0.2) is 0 Å². The maximum Gasteiger partial charge on any atom is 0.137 e. The molecule has 2 nitrogen and oxygen atoms in total. The molecule has 0 aliphatic heterocycles. The van der Waals surface area contributed by atoms with Crippen molar-refractivity contribution < 1.29 is 4.42 Å². The predicted molar refractivity (Wildman–Crippen MR) is 169 cm³/mol. The lowest BCUT2D eigenvalue weighted by atomic mass is 9.90. The molecule has 0 aliphatic rings. The first kappa shape index (κ1) is 22.6. The van der Waals surface area contributed by atoms with Gasteiger partial charge in [0.05, 0.1) is 0 Å². The van der Waals surface area contributed by atoms with Gasteiger partial charge in [0.2, 0.25) is 0 Å². The van der Waals surface area contributed by atoms with Crippen molar-refractivity contribution in [2.75, 3.05) is 5.32 Å². The normalized spacial score (nSPS) is 11.5. The second-order valence-electron chi connectivity index (χ2n) is 10.2. The summed E-state index contributed by atoms with van der Waals surface area (Å²) in [5.74, 6) is 0. The topological polar surface area (TPSA) is 25.2 Å². The zero-order valence-corrected chi connectivity index (χ0v) is 21.8. The summed E-state index contributed by atoms with van der Waals surface area (Å²) in [6, 6.07) is 51.6. The molecule has 0 saturated carbocycles. The summed E-state index contributed by atoms with van der Waals surface area (Å²) in [5, 5.41) is 10.9. The van der Waals surface area contributed by atoms with Gasteiger partial charge in [0.1, 0.15) is 11.2 Å². The van der Waals surface area contributed by atoms with Crippen molar-refractivity contribution in [3.05, 3.63) is 146 Å². The van der Waals surface area contributed by atoms with Crippen molar-refractivity contribution in [2.24, 2.45) is 0 Å². The highest BCUT2D eigenvalue weighted by Crippen LogP contribution is 2.39. The Bertz CT molecular complexity index is 2180. The molecule has 8 rings (SSSR count). The van der Waals surface area contributed by atoms with Gasteiger partial charge in [0.15, 0.2) is 0 Å². The molecule has 7 aromatic carbocycles. The first-order valence-corrected chi connectivity index (χ1v) is 13.6. The largest absolute Gasteiger partial charge is 0.456 e. The highest BCUT2D eigenvalue weighted by Gasteiger charge is 2.12. The fourth-order valence-electron chi connectivity index (χ4n) is 5.95. The maximum atomic E-state index is 6.07. The van der Waals surface area contributed by atoms with Crippen LogP contribution in [0.15, 0.2) is 150 Å². The number of fused-ring (bicyclic) bond motifs is 5. The van der Waals surface area contributed by atoms with E-state index in [2.05, 4.69) is 133 Å². The Kier molecular flexibility index (Phi) is 5.17. The minimum atomic E-state index is 0.889. The molecular formula is C38H25NO. The van der Waals surface area contributed by atoms with Crippen LogP contribution in [0, 0.1) is 0 Å². The van der Waals surface area contributed by atoms with Crippen LogP contribution in [0.1, 0.15) is 0 Å². The molecule has 0 fully saturated rings. The average molecular weight is 512 g/mol. The number of para-hydroxylation sites is 1. The lowest BCUT2D eigenvalue weighted by molar-refractivity contribution is 0.669. The molecule has 40 heavy (non-hydrogen) atoms. The molecule has 1 aromatic heterocycles. The summed E-state index contributed by atoms with van der Waals surface area (Å²) < 4.78 is 6.07. The number of benzene rings is 7. The van der Waals surface area contributed by atoms with E-state index in [9.17, 15) is 0 Å². The smallest absolute Gasteiger partial charge is 0.137 e. The summed E-state index contributed by atoms with van der Waals surface area (Å²) in [7, 11) is 0. The minimum absolute atomic E-state index is 0.889. The van der Waals surface area contributed by atoms with E-state index in [0.717, 1.165) is 33.3 Å². The highest BCUT2D eigenvalue weighted by atomic mass is 16.3. The van der Waals surface area contributed by atoms with Crippen LogP contribution in [0.25, 0.3) is 65.7 Å². The van der Waals surface area contributed by atoms with E-state index in [4.69, 9.17) is 4.42 Å². The average Bonchev–Trinajstić information content (AvgIpc) is 3.39. The minimum Gasteiger partial charge on any atom is -0.456 e. The molecule has 188 valence electrons. The number of hydrogen-bond donors (Lipinski definition) is 1. The SMILES string of the molecule is c1ccc2c(-c3ccc(-c4ccc(Nc5ccc6c(c5)oc5ccccc56)cc4)c4ccccc34)cccc2c1. The monoisotopic (exact) mass is 511 g/mol. The summed E-state index contributed by atoms with van der Waals surface area (Å²) in [6.45, 7) is 0. The lowest BCUT2D eigenvalue weighted by Gasteiger charge is -2.14. The van der Waals surface area contributed by atoms with Gasteiger partial charge in [0.25, 0.3) is 0 Å². The molecule has 0 bridgehead atoms. The molecule has 0 spiro atoms. The summed E-state index contributed by atoms with van der Waals surface area (Å²) in [6.07, 6.45) is 0. The Hall–Kier alpha value is -5.34. The highest BCUT2D eigenvalue weighted by molar-refractivity contribution is 6.10. The van der Waals surface area contributed by atoms with E-state index >= 15 is 0 Å². The van der Waals surface area contributed by atoms with Gasteiger partial charge < -0.3 is 9.73 Å². The van der Waals surface area contributed by atoms with Crippen LogP contribution in [-0.2, 0) is 0 Å². The summed E-state index contributed by atoms with van der Waals surface area (Å²) in [5.41, 5.74) is 8.80. The van der Waals surface area contributed by atoms with Crippen molar-refractivity contribution in [2.45, 2.75) is 0 Å². The van der Waals surface area contributed by atoms with Crippen LogP contribution in [0.4, 0.5) is 11.4 Å². The number of rotatable bonds is 4. The second kappa shape index (κ2) is 9.14. The zero-order valence-electron chi connectivity index (χ0n) is 21.8. The molecule has 0 unspecified atom stereocenters. The van der Waals surface area contributed by atoms with Crippen molar-refractivity contribution in [1.82, 2.24) is 0 Å². The van der Waals surface area contributed by atoms with E-state index in [-0.39, 0.29) is 0 Å². The van der Waals surface area contributed by atoms with E-state index in [0.29, 0.717) is 0 Å². The molecule has 0 radical (unpaired) electrons. The maximum absolute atomic E-state index is 6.07. The van der Waals surface area contributed by atoms with Crippen LogP contribution < -0.4 is 5.32 Å². The number of furan rings is 1. The standard InChI is InChI=1S/C38H25NO/c1-2-10-29-25(8-1)9-7-14-32(29)34-23-22-30(31-11-3-4-12-33(31)34)26-16-18-27(19-17-26)39-28-20-21-36-35-13-5-6-15-37(35)40-38(36)24-28/h1-24,39H. The van der Waals surface area contributed by atoms with Crippen molar-refractivity contribution >= 4 is 54.9 Å². The van der Waals surface area contributed by atoms with Crippen LogP contribution in [-0.4, -0.2) is 0 Å². The molecule has 0 amide bonds. The van der Waals surface area contributed by atoms with Crippen molar-refractivity contribution in [1.29, 1.82) is 0 Å². The summed E-state index contributed by atoms with van der Waals surface area (Å²) in [4.78, 5) is 0. The first-order valence-electron chi connectivity index (χ1n) is 13.6. The lowest BCUT2D eigenvalue weighted by Crippen LogP contribution is -1.90. The molecule has 2 heteroatoms. The summed E-state index contributed by atoms with van der Waals surface area (Å²) >= 11 is 0. The Labute approximate surface area is 232 Å². The van der Waals surface area contributed by atoms with Gasteiger partial charge in [-0.2, -0.15) is 0 Å². The Morgan fingerprint density at radius 3 is 1.82 bits per heavy atom. The van der Waals surface area contributed by atoms with E-state index in [1.54, 1.807) is 0 Å². The van der Waals surface area contributed by atoms with Crippen molar-refractivity contribution in [3.8, 4) is 22.3 Å². The van der Waals surface area contributed by atoms with Crippen molar-refractivity contribution in [3.63, 3.8) is 0 Å². The molecule has 8 aromatic rings. The zero-order chi connectivity index (χ0) is 26.5. The van der Waals surface area contributed by atoms with Gasteiger partial charge in [-0.15, -0.1) is 0 Å². The molecule has 0 atom stereocenters. The van der Waals surface area contributed by atoms with Crippen LogP contribution >= 0.6 is 0 Å². The second-order valence-corrected chi connectivity index (χ2v) is 10.2. The third-order valence-corrected chi connectivity index (χ3v) is 7.87. The molecule has 1 heterocycles. The first-order chi connectivity index (χ1) is 19.8. The molecule has 0 aliphatic carbocycles. The third-order valence-electron chi connectivity index (χ3n) is 7.87. The van der Waals surface area contributed by atoms with Gasteiger partial charge in [-0.1, -0.05) is 109 Å². The fraction of sp³-hybridized carbons (Fsp3) is 0. The van der Waals surface area contributed by atoms with Gasteiger partial charge >= 0.3 is 0 Å².